The molecule has 0 aliphatic rings. The van der Waals surface area contributed by atoms with Gasteiger partial charge in [-0.05, 0) is 38.5 Å². The Morgan fingerprint density at radius 2 is 1.60 bits per heavy atom. The first-order valence-electron chi connectivity index (χ1n) is 8.34. The molecule has 25 heavy (non-hydrogen) atoms. The van der Waals surface area contributed by atoms with Crippen LogP contribution in [0.25, 0.3) is 0 Å². The SMILES string of the molecule is C=C[C@](C#Cc1ccccc1)(Cc1ccccc1)C(=O)OC(C)(C)C. The number of hydrogen-bond acceptors (Lipinski definition) is 2. The monoisotopic (exact) mass is 332 g/mol. The van der Waals surface area contributed by atoms with Crippen molar-refractivity contribution in [3.05, 3.63) is 84.4 Å². The summed E-state index contributed by atoms with van der Waals surface area (Å²) in [6.45, 7) is 9.45. The molecule has 0 N–H and O–H groups in total. The maximum Gasteiger partial charge on any atom is 0.329 e. The summed E-state index contributed by atoms with van der Waals surface area (Å²) in [5.74, 6) is 5.86. The van der Waals surface area contributed by atoms with Crippen LogP contribution in [0.3, 0.4) is 0 Å². The van der Waals surface area contributed by atoms with Crippen LogP contribution in [-0.4, -0.2) is 11.6 Å². The number of rotatable bonds is 4. The number of carbonyl (C=O) groups excluding carboxylic acids is 1. The van der Waals surface area contributed by atoms with Crippen LogP contribution < -0.4 is 0 Å². The normalized spacial score (nSPS) is 13.1. The van der Waals surface area contributed by atoms with Gasteiger partial charge >= 0.3 is 5.97 Å². The van der Waals surface area contributed by atoms with Crippen LogP contribution in [0.15, 0.2) is 73.3 Å². The van der Waals surface area contributed by atoms with Gasteiger partial charge in [-0.25, -0.2) is 0 Å². The number of hydrogen-bond donors (Lipinski definition) is 0. The molecule has 0 saturated heterocycles. The summed E-state index contributed by atoms with van der Waals surface area (Å²) in [4.78, 5) is 12.9. The maximum atomic E-state index is 12.9. The Morgan fingerprint density at radius 1 is 1.04 bits per heavy atom. The van der Waals surface area contributed by atoms with Crippen molar-refractivity contribution in [2.45, 2.75) is 32.8 Å². The molecule has 1 atom stereocenters. The fraction of sp³-hybridized carbons (Fsp3) is 0.261. The second kappa shape index (κ2) is 7.85. The van der Waals surface area contributed by atoms with E-state index in [1.54, 1.807) is 6.08 Å². The molecule has 0 heterocycles. The first-order chi connectivity index (χ1) is 11.8. The van der Waals surface area contributed by atoms with Gasteiger partial charge in [0.25, 0.3) is 0 Å². The molecule has 0 unspecified atom stereocenters. The van der Waals surface area contributed by atoms with Gasteiger partial charge in [0.05, 0.1) is 0 Å². The highest BCUT2D eigenvalue weighted by Gasteiger charge is 2.38. The zero-order valence-electron chi connectivity index (χ0n) is 15.1. The van der Waals surface area contributed by atoms with E-state index in [2.05, 4.69) is 18.4 Å². The fourth-order valence-corrected chi connectivity index (χ4v) is 2.37. The van der Waals surface area contributed by atoms with Crippen molar-refractivity contribution in [1.82, 2.24) is 0 Å². The van der Waals surface area contributed by atoms with Crippen LogP contribution in [-0.2, 0) is 16.0 Å². The Labute approximate surface area is 150 Å². The Bertz CT molecular complexity index is 774. The molecule has 2 nitrogen and oxygen atoms in total. The fourth-order valence-electron chi connectivity index (χ4n) is 2.37. The summed E-state index contributed by atoms with van der Waals surface area (Å²) in [5.41, 5.74) is 0.182. The van der Waals surface area contributed by atoms with Gasteiger partial charge < -0.3 is 4.74 Å². The highest BCUT2D eigenvalue weighted by molar-refractivity contribution is 5.84. The number of esters is 1. The average Bonchev–Trinajstić information content (AvgIpc) is 2.59. The van der Waals surface area contributed by atoms with E-state index < -0.39 is 11.0 Å². The molecule has 0 aliphatic carbocycles. The molecular formula is C23H24O2. The molecule has 2 aromatic rings. The van der Waals surface area contributed by atoms with Crippen LogP contribution in [0.1, 0.15) is 31.9 Å². The van der Waals surface area contributed by atoms with Gasteiger partial charge in [0, 0.05) is 12.0 Å². The smallest absolute Gasteiger partial charge is 0.329 e. The lowest BCUT2D eigenvalue weighted by Gasteiger charge is -2.28. The Hall–Kier alpha value is -2.79. The molecule has 0 aliphatic heterocycles. The largest absolute Gasteiger partial charge is 0.459 e. The summed E-state index contributed by atoms with van der Waals surface area (Å²) in [7, 11) is 0. The van der Waals surface area contributed by atoms with E-state index in [1.807, 2.05) is 81.4 Å². The summed E-state index contributed by atoms with van der Waals surface area (Å²) in [6.07, 6.45) is 2.02. The molecule has 0 saturated carbocycles. The van der Waals surface area contributed by atoms with Crippen LogP contribution >= 0.6 is 0 Å². The summed E-state index contributed by atoms with van der Waals surface area (Å²) >= 11 is 0. The van der Waals surface area contributed by atoms with Crippen LogP contribution in [0, 0.1) is 17.3 Å². The topological polar surface area (TPSA) is 26.3 Å². The Kier molecular flexibility index (Phi) is 5.83. The molecule has 0 amide bonds. The summed E-state index contributed by atoms with van der Waals surface area (Å²) in [6, 6.07) is 19.4. The van der Waals surface area contributed by atoms with Crippen LogP contribution in [0.2, 0.25) is 0 Å². The van der Waals surface area contributed by atoms with Crippen molar-refractivity contribution < 1.29 is 9.53 Å². The van der Waals surface area contributed by atoms with Gasteiger partial charge in [-0.2, -0.15) is 0 Å². The van der Waals surface area contributed by atoms with Gasteiger partial charge in [0.1, 0.15) is 5.60 Å². The Morgan fingerprint density at radius 3 is 2.12 bits per heavy atom. The van der Waals surface area contributed by atoms with Gasteiger partial charge in [-0.15, -0.1) is 6.58 Å². The molecule has 2 heteroatoms. The standard InChI is InChI=1S/C23H24O2/c1-5-23(21(24)25-22(2,3)4,18-20-14-10-7-11-15-20)17-16-19-12-8-6-9-13-19/h5-15H,1,18H2,2-4H3/t23-/m0/s1. The van der Waals surface area contributed by atoms with E-state index in [0.29, 0.717) is 6.42 Å². The van der Waals surface area contributed by atoms with E-state index in [9.17, 15) is 4.79 Å². The molecule has 0 spiro atoms. The third-order valence-corrected chi connectivity index (χ3v) is 3.64. The maximum absolute atomic E-state index is 12.9. The van der Waals surface area contributed by atoms with Crippen molar-refractivity contribution >= 4 is 5.97 Å². The van der Waals surface area contributed by atoms with Crippen LogP contribution in [0.4, 0.5) is 0 Å². The van der Waals surface area contributed by atoms with E-state index >= 15 is 0 Å². The van der Waals surface area contributed by atoms with Gasteiger partial charge in [-0.1, -0.05) is 66.4 Å². The Balaban J connectivity index is 2.43. The summed E-state index contributed by atoms with van der Waals surface area (Å²) < 4.78 is 5.64. The second-order valence-electron chi connectivity index (χ2n) is 6.96. The molecule has 0 aromatic heterocycles. The van der Waals surface area contributed by atoms with Crippen molar-refractivity contribution in [3.8, 4) is 11.8 Å². The predicted molar refractivity (Wildman–Crippen MR) is 102 cm³/mol. The lowest BCUT2D eigenvalue weighted by molar-refractivity contribution is -0.161. The number of ether oxygens (including phenoxy) is 1. The minimum atomic E-state index is -1.09. The number of carbonyl (C=O) groups is 1. The van der Waals surface area contributed by atoms with E-state index in [-0.39, 0.29) is 5.97 Å². The highest BCUT2D eigenvalue weighted by atomic mass is 16.6. The predicted octanol–water partition coefficient (Wildman–Crippen LogP) is 4.79. The van der Waals surface area contributed by atoms with Gasteiger partial charge in [0.15, 0.2) is 5.41 Å². The minimum Gasteiger partial charge on any atom is -0.459 e. The highest BCUT2D eigenvalue weighted by Crippen LogP contribution is 2.28. The lowest BCUT2D eigenvalue weighted by atomic mass is 9.81. The molecule has 0 fully saturated rings. The van der Waals surface area contributed by atoms with Crippen LogP contribution in [0.5, 0.6) is 0 Å². The zero-order valence-corrected chi connectivity index (χ0v) is 15.1. The van der Waals surface area contributed by atoms with Crippen molar-refractivity contribution in [2.24, 2.45) is 5.41 Å². The zero-order chi connectivity index (χ0) is 18.3. The van der Waals surface area contributed by atoms with E-state index in [4.69, 9.17) is 4.74 Å². The molecular weight excluding hydrogens is 308 g/mol. The minimum absolute atomic E-state index is 0.373. The lowest BCUT2D eigenvalue weighted by Crippen LogP contribution is -2.37. The third kappa shape index (κ3) is 5.36. The molecule has 0 bridgehead atoms. The van der Waals surface area contributed by atoms with Crippen molar-refractivity contribution in [3.63, 3.8) is 0 Å². The van der Waals surface area contributed by atoms with Gasteiger partial charge in [-0.3, -0.25) is 4.79 Å². The molecule has 128 valence electrons. The van der Waals surface area contributed by atoms with E-state index in [1.165, 1.54) is 0 Å². The molecule has 2 rings (SSSR count). The van der Waals surface area contributed by atoms with E-state index in [0.717, 1.165) is 11.1 Å². The van der Waals surface area contributed by atoms with Crippen molar-refractivity contribution in [1.29, 1.82) is 0 Å². The first-order valence-corrected chi connectivity index (χ1v) is 8.34. The van der Waals surface area contributed by atoms with Crippen molar-refractivity contribution in [2.75, 3.05) is 0 Å². The summed E-state index contributed by atoms with van der Waals surface area (Å²) in [5, 5.41) is 0. The molecule has 0 radical (unpaired) electrons. The first kappa shape index (κ1) is 18.5. The third-order valence-electron chi connectivity index (χ3n) is 3.64. The average molecular weight is 332 g/mol. The van der Waals surface area contributed by atoms with Gasteiger partial charge in [0.2, 0.25) is 0 Å². The molecule has 2 aromatic carbocycles. The quantitative estimate of drug-likeness (QED) is 0.457. The second-order valence-corrected chi connectivity index (χ2v) is 6.96. The number of benzene rings is 2.